The first-order chi connectivity index (χ1) is 13.3. The maximum atomic E-state index is 13.0. The van der Waals surface area contributed by atoms with E-state index in [0.29, 0.717) is 5.69 Å². The molecule has 2 aromatic rings. The van der Waals surface area contributed by atoms with E-state index in [2.05, 4.69) is 10.6 Å². The average Bonchev–Trinajstić information content (AvgIpc) is 2.67. The van der Waals surface area contributed by atoms with Crippen molar-refractivity contribution in [3.05, 3.63) is 69.8 Å². The molecule has 0 heterocycles. The molecule has 3 N–H and O–H groups in total. The summed E-state index contributed by atoms with van der Waals surface area (Å²) < 4.78 is 0. The highest BCUT2D eigenvalue weighted by atomic mass is 16.6. The predicted molar refractivity (Wildman–Crippen MR) is 101 cm³/mol. The number of amides is 1. The second kappa shape index (κ2) is 9.26. The molecule has 0 saturated heterocycles. The summed E-state index contributed by atoms with van der Waals surface area (Å²) >= 11 is 0. The maximum absolute atomic E-state index is 13.0. The van der Waals surface area contributed by atoms with E-state index in [1.165, 1.54) is 24.3 Å². The van der Waals surface area contributed by atoms with Crippen molar-refractivity contribution < 1.29 is 24.4 Å². The molecule has 1 unspecified atom stereocenters. The van der Waals surface area contributed by atoms with Gasteiger partial charge in [0.15, 0.2) is 5.78 Å². The van der Waals surface area contributed by atoms with Crippen LogP contribution in [0, 0.1) is 17.0 Å². The van der Waals surface area contributed by atoms with Crippen LogP contribution in [0.1, 0.15) is 22.3 Å². The number of nitro groups is 1. The summed E-state index contributed by atoms with van der Waals surface area (Å²) in [6.45, 7) is 1.30. The summed E-state index contributed by atoms with van der Waals surface area (Å²) in [4.78, 5) is 46.2. The van der Waals surface area contributed by atoms with Gasteiger partial charge in [-0.3, -0.25) is 24.5 Å². The van der Waals surface area contributed by atoms with E-state index in [4.69, 9.17) is 5.11 Å². The summed E-state index contributed by atoms with van der Waals surface area (Å²) in [5.41, 5.74) is 1.04. The number of aliphatic carboxylic acids is 1. The third-order valence-corrected chi connectivity index (χ3v) is 3.90. The highest BCUT2D eigenvalue weighted by Gasteiger charge is 2.28. The minimum absolute atomic E-state index is 0.136. The van der Waals surface area contributed by atoms with Crippen LogP contribution in [0.15, 0.2) is 48.5 Å². The molecule has 9 heteroatoms. The standard InChI is InChI=1S/C19H19N3O6/c1-12-6-8-13(9-7-12)21-15(10-17(23)20-11-18(24)25)19(26)14-4-2-3-5-16(14)22(27)28/h2-9,15,21H,10-11H2,1H3,(H,20,23)(H,24,25). The van der Waals surface area contributed by atoms with Crippen LogP contribution >= 0.6 is 0 Å². The summed E-state index contributed by atoms with van der Waals surface area (Å²) in [6.07, 6.45) is -0.383. The summed E-state index contributed by atoms with van der Waals surface area (Å²) in [6, 6.07) is 11.4. The zero-order valence-corrected chi connectivity index (χ0v) is 15.0. The van der Waals surface area contributed by atoms with Gasteiger partial charge in [0.25, 0.3) is 5.69 Å². The normalized spacial score (nSPS) is 11.3. The third-order valence-electron chi connectivity index (χ3n) is 3.90. The van der Waals surface area contributed by atoms with Gasteiger partial charge in [0.1, 0.15) is 6.54 Å². The number of hydrogen-bond donors (Lipinski definition) is 3. The van der Waals surface area contributed by atoms with Crippen molar-refractivity contribution in [2.75, 3.05) is 11.9 Å². The van der Waals surface area contributed by atoms with E-state index in [1.54, 1.807) is 24.3 Å². The second-order valence-electron chi connectivity index (χ2n) is 6.08. The zero-order chi connectivity index (χ0) is 20.7. The van der Waals surface area contributed by atoms with E-state index in [0.717, 1.165) is 5.56 Å². The van der Waals surface area contributed by atoms with Gasteiger partial charge >= 0.3 is 5.97 Å². The first-order valence-corrected chi connectivity index (χ1v) is 8.37. The van der Waals surface area contributed by atoms with E-state index in [9.17, 15) is 24.5 Å². The van der Waals surface area contributed by atoms with Gasteiger partial charge in [0.05, 0.1) is 22.9 Å². The molecule has 2 rings (SSSR count). The Morgan fingerprint density at radius 2 is 1.75 bits per heavy atom. The molecular weight excluding hydrogens is 366 g/mol. The average molecular weight is 385 g/mol. The smallest absolute Gasteiger partial charge is 0.322 e. The maximum Gasteiger partial charge on any atom is 0.322 e. The monoisotopic (exact) mass is 385 g/mol. The Labute approximate surface area is 160 Å². The molecule has 0 spiro atoms. The lowest BCUT2D eigenvalue weighted by Crippen LogP contribution is -2.38. The molecule has 1 atom stereocenters. The summed E-state index contributed by atoms with van der Waals surface area (Å²) in [5.74, 6) is -2.53. The first-order valence-electron chi connectivity index (χ1n) is 8.37. The number of anilines is 1. The van der Waals surface area contributed by atoms with E-state index < -0.39 is 35.2 Å². The second-order valence-corrected chi connectivity index (χ2v) is 6.08. The van der Waals surface area contributed by atoms with Crippen molar-refractivity contribution >= 4 is 29.0 Å². The van der Waals surface area contributed by atoms with Gasteiger partial charge < -0.3 is 15.7 Å². The molecule has 0 saturated carbocycles. The largest absolute Gasteiger partial charge is 0.480 e. The topological polar surface area (TPSA) is 139 Å². The molecular formula is C19H19N3O6. The van der Waals surface area contributed by atoms with Crippen molar-refractivity contribution in [3.8, 4) is 0 Å². The third kappa shape index (κ3) is 5.63. The minimum Gasteiger partial charge on any atom is -0.480 e. The van der Waals surface area contributed by atoms with Crippen LogP contribution in [0.5, 0.6) is 0 Å². The Morgan fingerprint density at radius 3 is 2.36 bits per heavy atom. The van der Waals surface area contributed by atoms with Crippen molar-refractivity contribution in [1.82, 2.24) is 5.32 Å². The molecule has 9 nitrogen and oxygen atoms in total. The van der Waals surface area contributed by atoms with Gasteiger partial charge in [-0.15, -0.1) is 0 Å². The number of benzene rings is 2. The molecule has 0 fully saturated rings. The van der Waals surface area contributed by atoms with Gasteiger partial charge in [0, 0.05) is 11.8 Å². The van der Waals surface area contributed by atoms with E-state index in [1.807, 2.05) is 6.92 Å². The number of hydrogen-bond acceptors (Lipinski definition) is 6. The first kappa shape index (κ1) is 20.6. The predicted octanol–water partition coefficient (Wildman–Crippen LogP) is 2.16. The van der Waals surface area contributed by atoms with Crippen LogP contribution in [-0.4, -0.2) is 40.3 Å². The molecule has 1 amide bonds. The molecule has 2 aromatic carbocycles. The zero-order valence-electron chi connectivity index (χ0n) is 15.0. The molecule has 28 heavy (non-hydrogen) atoms. The van der Waals surface area contributed by atoms with Crippen molar-refractivity contribution in [1.29, 1.82) is 0 Å². The molecule has 146 valence electrons. The Morgan fingerprint density at radius 1 is 1.11 bits per heavy atom. The number of para-hydroxylation sites is 1. The number of Topliss-reactive ketones (excluding diaryl/α,β-unsaturated/α-hetero) is 1. The van der Waals surface area contributed by atoms with Crippen LogP contribution in [0.25, 0.3) is 0 Å². The summed E-state index contributed by atoms with van der Waals surface area (Å²) in [7, 11) is 0. The quantitative estimate of drug-likeness (QED) is 0.341. The Kier molecular flexibility index (Phi) is 6.80. The van der Waals surface area contributed by atoms with Crippen molar-refractivity contribution in [2.45, 2.75) is 19.4 Å². The highest BCUT2D eigenvalue weighted by Crippen LogP contribution is 2.22. The number of carboxylic acids is 1. The number of carbonyl (C=O) groups excluding carboxylic acids is 2. The van der Waals surface area contributed by atoms with Gasteiger partial charge in [-0.05, 0) is 25.1 Å². The van der Waals surface area contributed by atoms with Crippen LogP contribution in [0.2, 0.25) is 0 Å². The van der Waals surface area contributed by atoms with Crippen molar-refractivity contribution in [2.24, 2.45) is 0 Å². The highest BCUT2D eigenvalue weighted by molar-refractivity contribution is 6.06. The van der Waals surface area contributed by atoms with Crippen LogP contribution in [0.3, 0.4) is 0 Å². The Bertz CT molecular complexity index is 895. The lowest BCUT2D eigenvalue weighted by molar-refractivity contribution is -0.385. The Hall–Kier alpha value is -3.75. The number of rotatable bonds is 9. The van der Waals surface area contributed by atoms with Crippen LogP contribution in [-0.2, 0) is 9.59 Å². The van der Waals surface area contributed by atoms with Crippen molar-refractivity contribution in [3.63, 3.8) is 0 Å². The number of ketones is 1. The Balaban J connectivity index is 2.29. The van der Waals surface area contributed by atoms with Gasteiger partial charge in [-0.2, -0.15) is 0 Å². The summed E-state index contributed by atoms with van der Waals surface area (Å²) in [5, 5.41) is 25.0. The number of carbonyl (C=O) groups is 3. The van der Waals surface area contributed by atoms with E-state index >= 15 is 0 Å². The number of nitrogens with zero attached hydrogens (tertiary/aromatic N) is 1. The molecule has 0 aliphatic rings. The number of nitrogens with one attached hydrogen (secondary N) is 2. The van der Waals surface area contributed by atoms with E-state index in [-0.39, 0.29) is 17.7 Å². The fourth-order valence-electron chi connectivity index (χ4n) is 2.52. The fraction of sp³-hybridized carbons (Fsp3) is 0.211. The molecule has 0 aromatic heterocycles. The van der Waals surface area contributed by atoms with Gasteiger partial charge in [-0.25, -0.2) is 0 Å². The molecule has 0 radical (unpaired) electrons. The van der Waals surface area contributed by atoms with Gasteiger partial charge in [-0.1, -0.05) is 29.8 Å². The number of aryl methyl sites for hydroxylation is 1. The number of nitro benzene ring substituents is 1. The minimum atomic E-state index is -1.22. The lowest BCUT2D eigenvalue weighted by atomic mass is 9.99. The molecule has 0 bridgehead atoms. The van der Waals surface area contributed by atoms with Gasteiger partial charge in [0.2, 0.25) is 5.91 Å². The van der Waals surface area contributed by atoms with Crippen LogP contribution < -0.4 is 10.6 Å². The SMILES string of the molecule is Cc1ccc(NC(CC(=O)NCC(=O)O)C(=O)c2ccccc2[N+](=O)[O-])cc1. The number of carboxylic acid groups (broad SMARTS) is 1. The lowest BCUT2D eigenvalue weighted by Gasteiger charge is -2.19. The van der Waals surface area contributed by atoms with Crippen LogP contribution in [0.4, 0.5) is 11.4 Å². The molecule has 0 aliphatic carbocycles. The molecule has 0 aliphatic heterocycles. The fourth-order valence-corrected chi connectivity index (χ4v) is 2.52.